The highest BCUT2D eigenvalue weighted by molar-refractivity contribution is 7.86. The maximum absolute atomic E-state index is 12.5. The Morgan fingerprint density at radius 2 is 1.67 bits per heavy atom. The second kappa shape index (κ2) is 15.1. The first-order valence-corrected chi connectivity index (χ1v) is 15.0. The Balaban J connectivity index is 1.40. The summed E-state index contributed by atoms with van der Waals surface area (Å²) in [5.41, 5.74) is 2.68. The third-order valence-electron chi connectivity index (χ3n) is 6.41. The van der Waals surface area contributed by atoms with Gasteiger partial charge in [-0.15, -0.1) is 0 Å². The topological polar surface area (TPSA) is 105 Å². The maximum Gasteiger partial charge on any atom is 0.296 e. The van der Waals surface area contributed by atoms with Crippen molar-refractivity contribution in [1.82, 2.24) is 4.98 Å². The van der Waals surface area contributed by atoms with E-state index >= 15 is 0 Å². The fourth-order valence-electron chi connectivity index (χ4n) is 4.04. The van der Waals surface area contributed by atoms with Crippen molar-refractivity contribution >= 4 is 15.8 Å². The minimum absolute atomic E-state index is 0.0102. The van der Waals surface area contributed by atoms with E-state index in [-0.39, 0.29) is 18.1 Å². The first-order valence-electron chi connectivity index (χ1n) is 13.6. The van der Waals surface area contributed by atoms with E-state index in [2.05, 4.69) is 10.3 Å². The van der Waals surface area contributed by atoms with Crippen molar-refractivity contribution in [3.05, 3.63) is 108 Å². The quantitative estimate of drug-likeness (QED) is 0.165. The zero-order chi connectivity index (χ0) is 29.8. The Labute approximate surface area is 247 Å². The molecule has 0 bridgehead atoms. The monoisotopic (exact) mass is 592 g/mol. The molecule has 0 radical (unpaired) electrons. The lowest BCUT2D eigenvalue weighted by atomic mass is 10.1. The Kier molecular flexibility index (Phi) is 11.0. The average Bonchev–Trinajstić information content (AvgIpc) is 2.99. The number of aryl methyl sites for hydroxylation is 1. The number of ether oxygens (including phenoxy) is 4. The van der Waals surface area contributed by atoms with Crippen LogP contribution in [0, 0.1) is 6.92 Å². The van der Waals surface area contributed by atoms with Crippen molar-refractivity contribution in [3.8, 4) is 17.4 Å². The standard InChI is InChI=1S/C32H36N2O7S/c1-24-10-18-29(19-11-24)42(35,36)40-22-6-21-39-31-9-4-7-26(37-2)13-12-25(31)23-34-30-8-5-20-33-32(30)41-28-16-14-27(38-3)15-17-28/h4-5,8-11,13-20,34H,6-7,12,21-23H2,1-3H3/b9-4?,26-13+,31-25-. The molecule has 0 aliphatic heterocycles. The van der Waals surface area contributed by atoms with Gasteiger partial charge in [-0.3, -0.25) is 4.18 Å². The zero-order valence-corrected chi connectivity index (χ0v) is 24.9. The molecule has 0 amide bonds. The van der Waals surface area contributed by atoms with Gasteiger partial charge in [-0.1, -0.05) is 23.8 Å². The predicted molar refractivity (Wildman–Crippen MR) is 161 cm³/mol. The van der Waals surface area contributed by atoms with Crippen molar-refractivity contribution in [2.24, 2.45) is 0 Å². The molecular formula is C32H36N2O7S. The highest BCUT2D eigenvalue weighted by Gasteiger charge is 2.15. The summed E-state index contributed by atoms with van der Waals surface area (Å²) in [5, 5.41) is 3.42. The molecule has 1 N–H and O–H groups in total. The van der Waals surface area contributed by atoms with Gasteiger partial charge in [0, 0.05) is 25.6 Å². The fraction of sp³-hybridized carbons (Fsp3) is 0.281. The van der Waals surface area contributed by atoms with Crippen LogP contribution in [0.4, 0.5) is 5.69 Å². The molecule has 1 aromatic heterocycles. The van der Waals surface area contributed by atoms with E-state index in [0.717, 1.165) is 28.3 Å². The van der Waals surface area contributed by atoms with E-state index in [1.54, 1.807) is 44.7 Å². The van der Waals surface area contributed by atoms with Crippen LogP contribution in [0.25, 0.3) is 0 Å². The highest BCUT2D eigenvalue weighted by Crippen LogP contribution is 2.29. The molecule has 0 unspecified atom stereocenters. The lowest BCUT2D eigenvalue weighted by Gasteiger charge is -2.18. The molecule has 2 aromatic carbocycles. The van der Waals surface area contributed by atoms with Crippen molar-refractivity contribution in [2.45, 2.75) is 31.1 Å². The molecule has 0 spiro atoms. The summed E-state index contributed by atoms with van der Waals surface area (Å²) < 4.78 is 53.0. The number of hydrogen-bond donors (Lipinski definition) is 1. The molecule has 0 saturated heterocycles. The number of methoxy groups -OCH3 is 2. The summed E-state index contributed by atoms with van der Waals surface area (Å²) in [6, 6.07) is 17.6. The zero-order valence-electron chi connectivity index (χ0n) is 24.0. The maximum atomic E-state index is 12.5. The third-order valence-corrected chi connectivity index (χ3v) is 7.73. The minimum Gasteiger partial charge on any atom is -0.501 e. The van der Waals surface area contributed by atoms with Gasteiger partial charge in [0.05, 0.1) is 43.8 Å². The number of allylic oxidation sites excluding steroid dienone is 3. The number of nitrogens with zero attached hydrogens (tertiary/aromatic N) is 1. The number of aromatic nitrogens is 1. The molecule has 1 aliphatic carbocycles. The highest BCUT2D eigenvalue weighted by atomic mass is 32.2. The Morgan fingerprint density at radius 1 is 0.905 bits per heavy atom. The molecule has 4 rings (SSSR count). The third kappa shape index (κ3) is 8.86. The first-order chi connectivity index (χ1) is 20.4. The second-order valence-corrected chi connectivity index (χ2v) is 11.0. The van der Waals surface area contributed by atoms with E-state index in [0.29, 0.717) is 43.2 Å². The molecule has 1 heterocycles. The number of pyridine rings is 1. The van der Waals surface area contributed by atoms with Crippen LogP contribution < -0.4 is 14.8 Å². The lowest BCUT2D eigenvalue weighted by molar-refractivity contribution is 0.190. The molecule has 0 saturated carbocycles. The largest absolute Gasteiger partial charge is 0.501 e. The van der Waals surface area contributed by atoms with Crippen LogP contribution in [0.3, 0.4) is 0 Å². The fourth-order valence-corrected chi connectivity index (χ4v) is 4.99. The van der Waals surface area contributed by atoms with Crippen LogP contribution in [-0.4, -0.2) is 47.4 Å². The molecule has 222 valence electrons. The Hall–Kier alpha value is -4.28. The average molecular weight is 593 g/mol. The van der Waals surface area contributed by atoms with Crippen molar-refractivity contribution < 1.29 is 31.5 Å². The second-order valence-electron chi connectivity index (χ2n) is 9.43. The molecule has 10 heteroatoms. The normalized spacial score (nSPS) is 16.5. The van der Waals surface area contributed by atoms with Crippen LogP contribution in [-0.2, 0) is 23.8 Å². The van der Waals surface area contributed by atoms with Gasteiger partial charge in [0.2, 0.25) is 5.88 Å². The molecular weight excluding hydrogens is 556 g/mol. The lowest BCUT2D eigenvalue weighted by Crippen LogP contribution is -2.12. The van der Waals surface area contributed by atoms with Crippen LogP contribution in [0.5, 0.6) is 17.4 Å². The van der Waals surface area contributed by atoms with E-state index < -0.39 is 10.1 Å². The summed E-state index contributed by atoms with van der Waals surface area (Å²) in [7, 11) is -0.549. The van der Waals surface area contributed by atoms with E-state index in [1.807, 2.05) is 61.5 Å². The smallest absolute Gasteiger partial charge is 0.296 e. The molecule has 1 aliphatic rings. The summed E-state index contributed by atoms with van der Waals surface area (Å²) in [4.78, 5) is 4.54. The van der Waals surface area contributed by atoms with Crippen LogP contribution in [0.2, 0.25) is 0 Å². The summed E-state index contributed by atoms with van der Waals surface area (Å²) in [6.45, 7) is 2.65. The minimum atomic E-state index is -3.82. The van der Waals surface area contributed by atoms with Gasteiger partial charge >= 0.3 is 0 Å². The van der Waals surface area contributed by atoms with Crippen molar-refractivity contribution in [2.75, 3.05) is 39.3 Å². The summed E-state index contributed by atoms with van der Waals surface area (Å²) >= 11 is 0. The van der Waals surface area contributed by atoms with Gasteiger partial charge in [-0.25, -0.2) is 4.98 Å². The van der Waals surface area contributed by atoms with Gasteiger partial charge in [0.1, 0.15) is 17.3 Å². The number of hydrogen-bond acceptors (Lipinski definition) is 9. The van der Waals surface area contributed by atoms with E-state index in [4.69, 9.17) is 23.1 Å². The molecule has 0 fully saturated rings. The number of anilines is 1. The van der Waals surface area contributed by atoms with Crippen LogP contribution in [0.15, 0.2) is 107 Å². The predicted octanol–water partition coefficient (Wildman–Crippen LogP) is 6.55. The van der Waals surface area contributed by atoms with Gasteiger partial charge in [-0.2, -0.15) is 8.42 Å². The van der Waals surface area contributed by atoms with Crippen molar-refractivity contribution in [3.63, 3.8) is 0 Å². The Bertz CT molecular complexity index is 1510. The Morgan fingerprint density at radius 3 is 2.40 bits per heavy atom. The number of benzene rings is 2. The van der Waals surface area contributed by atoms with Gasteiger partial charge in [0.25, 0.3) is 10.1 Å². The SMILES string of the molecule is CO/C1=C/C/C(CNc2cccnc2Oc2ccc(OC)cc2)=C(/OCCCOS(=O)(=O)c2ccc(C)cc2)C=CC1. The van der Waals surface area contributed by atoms with E-state index in [9.17, 15) is 8.42 Å². The number of nitrogens with one attached hydrogen (secondary N) is 1. The molecule has 3 aromatic rings. The number of rotatable bonds is 14. The summed E-state index contributed by atoms with van der Waals surface area (Å²) in [6.07, 6.45) is 9.23. The molecule has 9 nitrogen and oxygen atoms in total. The molecule has 42 heavy (non-hydrogen) atoms. The van der Waals surface area contributed by atoms with Gasteiger partial charge < -0.3 is 24.3 Å². The van der Waals surface area contributed by atoms with Gasteiger partial charge in [-0.05, 0) is 79.6 Å². The van der Waals surface area contributed by atoms with Crippen LogP contribution >= 0.6 is 0 Å². The van der Waals surface area contributed by atoms with Gasteiger partial charge in [0.15, 0.2) is 0 Å². The van der Waals surface area contributed by atoms with E-state index in [1.165, 1.54) is 0 Å². The molecule has 0 atom stereocenters. The van der Waals surface area contributed by atoms with Crippen LogP contribution in [0.1, 0.15) is 24.8 Å². The summed E-state index contributed by atoms with van der Waals surface area (Å²) in [5.74, 6) is 3.38. The first kappa shape index (κ1) is 30.7. The van der Waals surface area contributed by atoms with Crippen molar-refractivity contribution in [1.29, 1.82) is 0 Å².